The highest BCUT2D eigenvalue weighted by atomic mass is 32.1. The van der Waals surface area contributed by atoms with Gasteiger partial charge in [0.25, 0.3) is 0 Å². The third-order valence-electron chi connectivity index (χ3n) is 2.97. The SMILES string of the molecule is Cc1nc(CNC(=O)NCCC2CC2)sc1C(=O)O. The van der Waals surface area contributed by atoms with Gasteiger partial charge in [-0.1, -0.05) is 12.8 Å². The van der Waals surface area contributed by atoms with Crippen LogP contribution in [0.3, 0.4) is 0 Å². The molecule has 1 aliphatic carbocycles. The van der Waals surface area contributed by atoms with E-state index in [-0.39, 0.29) is 17.5 Å². The predicted octanol–water partition coefficient (Wildman–Crippen LogP) is 1.75. The average molecular weight is 283 g/mol. The second-order valence-electron chi connectivity index (χ2n) is 4.67. The van der Waals surface area contributed by atoms with E-state index in [1.807, 2.05) is 0 Å². The van der Waals surface area contributed by atoms with E-state index < -0.39 is 5.97 Å². The van der Waals surface area contributed by atoms with Gasteiger partial charge >= 0.3 is 12.0 Å². The molecule has 2 rings (SSSR count). The fourth-order valence-corrected chi connectivity index (χ4v) is 2.58. The number of nitrogens with one attached hydrogen (secondary N) is 2. The zero-order chi connectivity index (χ0) is 13.8. The number of aromatic nitrogens is 1. The number of aromatic carboxylic acids is 1. The Balaban J connectivity index is 1.72. The topological polar surface area (TPSA) is 91.3 Å². The minimum absolute atomic E-state index is 0.228. The van der Waals surface area contributed by atoms with Gasteiger partial charge in [0.2, 0.25) is 0 Å². The van der Waals surface area contributed by atoms with Gasteiger partial charge < -0.3 is 15.7 Å². The Hall–Kier alpha value is -1.63. The number of urea groups is 1. The summed E-state index contributed by atoms with van der Waals surface area (Å²) in [5.74, 6) is -0.185. The molecule has 6 nitrogen and oxygen atoms in total. The predicted molar refractivity (Wildman–Crippen MR) is 71.4 cm³/mol. The molecule has 0 saturated heterocycles. The van der Waals surface area contributed by atoms with E-state index >= 15 is 0 Å². The summed E-state index contributed by atoms with van der Waals surface area (Å²) in [6.45, 7) is 2.60. The van der Waals surface area contributed by atoms with Crippen molar-refractivity contribution in [3.05, 3.63) is 15.6 Å². The van der Waals surface area contributed by atoms with Gasteiger partial charge in [-0.3, -0.25) is 0 Å². The largest absolute Gasteiger partial charge is 0.477 e. The third-order valence-corrected chi connectivity index (χ3v) is 4.12. The van der Waals surface area contributed by atoms with Crippen LogP contribution in [-0.2, 0) is 6.54 Å². The first-order valence-electron chi connectivity index (χ1n) is 6.27. The van der Waals surface area contributed by atoms with Gasteiger partial charge in [0.15, 0.2) is 0 Å². The zero-order valence-corrected chi connectivity index (χ0v) is 11.5. The number of carboxylic acid groups (broad SMARTS) is 1. The van der Waals surface area contributed by atoms with Gasteiger partial charge in [-0.15, -0.1) is 11.3 Å². The van der Waals surface area contributed by atoms with Crippen LogP contribution in [0.1, 0.15) is 39.6 Å². The van der Waals surface area contributed by atoms with Crippen molar-refractivity contribution in [2.75, 3.05) is 6.54 Å². The summed E-state index contributed by atoms with van der Waals surface area (Å²) in [4.78, 5) is 26.7. The fraction of sp³-hybridized carbons (Fsp3) is 0.583. The molecule has 0 bridgehead atoms. The first-order chi connectivity index (χ1) is 9.06. The third kappa shape index (κ3) is 4.20. The standard InChI is InChI=1S/C12H17N3O3S/c1-7-10(11(16)17)19-9(15-7)6-14-12(18)13-5-4-8-2-3-8/h8H,2-6H2,1H3,(H,16,17)(H2,13,14,18). The number of hydrogen-bond acceptors (Lipinski definition) is 4. The highest BCUT2D eigenvalue weighted by molar-refractivity contribution is 7.13. The van der Waals surface area contributed by atoms with Crippen molar-refractivity contribution in [3.63, 3.8) is 0 Å². The average Bonchev–Trinajstić information content (AvgIpc) is 3.08. The molecule has 0 radical (unpaired) electrons. The van der Waals surface area contributed by atoms with Crippen molar-refractivity contribution in [3.8, 4) is 0 Å². The Morgan fingerprint density at radius 2 is 2.16 bits per heavy atom. The minimum Gasteiger partial charge on any atom is -0.477 e. The molecule has 19 heavy (non-hydrogen) atoms. The minimum atomic E-state index is -0.977. The van der Waals surface area contributed by atoms with Crippen molar-refractivity contribution in [1.82, 2.24) is 15.6 Å². The van der Waals surface area contributed by atoms with E-state index in [2.05, 4.69) is 15.6 Å². The molecule has 0 unspecified atom stereocenters. The number of rotatable bonds is 6. The molecule has 0 aromatic carbocycles. The fourth-order valence-electron chi connectivity index (χ4n) is 1.74. The summed E-state index contributed by atoms with van der Waals surface area (Å²) in [7, 11) is 0. The normalized spacial score (nSPS) is 14.2. The van der Waals surface area contributed by atoms with Gasteiger partial charge in [-0.05, 0) is 19.3 Å². The van der Waals surface area contributed by atoms with E-state index in [1.54, 1.807) is 6.92 Å². The molecule has 1 heterocycles. The molecule has 0 aliphatic heterocycles. The molecule has 1 aromatic rings. The van der Waals surface area contributed by atoms with Crippen LogP contribution in [0.2, 0.25) is 0 Å². The molecular weight excluding hydrogens is 266 g/mol. The highest BCUT2D eigenvalue weighted by Gasteiger charge is 2.20. The van der Waals surface area contributed by atoms with Crippen molar-refractivity contribution in [1.29, 1.82) is 0 Å². The van der Waals surface area contributed by atoms with Crippen LogP contribution in [0.15, 0.2) is 0 Å². The Bertz CT molecular complexity index is 483. The van der Waals surface area contributed by atoms with Gasteiger partial charge in [-0.2, -0.15) is 0 Å². The Kier molecular flexibility index (Phi) is 4.36. The second kappa shape index (κ2) is 6.01. The number of thiazole rings is 1. The highest BCUT2D eigenvalue weighted by Crippen LogP contribution is 2.31. The molecule has 0 spiro atoms. The number of amides is 2. The van der Waals surface area contributed by atoms with Crippen LogP contribution >= 0.6 is 11.3 Å². The molecule has 2 amide bonds. The lowest BCUT2D eigenvalue weighted by molar-refractivity contribution is 0.0701. The first kappa shape index (κ1) is 13.8. The van der Waals surface area contributed by atoms with E-state index in [0.29, 0.717) is 17.2 Å². The van der Waals surface area contributed by atoms with Crippen molar-refractivity contribution in [2.24, 2.45) is 5.92 Å². The smallest absolute Gasteiger partial charge is 0.347 e. The van der Waals surface area contributed by atoms with E-state index in [9.17, 15) is 9.59 Å². The van der Waals surface area contributed by atoms with Crippen molar-refractivity contribution >= 4 is 23.3 Å². The monoisotopic (exact) mass is 283 g/mol. The van der Waals surface area contributed by atoms with Crippen molar-refractivity contribution in [2.45, 2.75) is 32.7 Å². The Morgan fingerprint density at radius 1 is 1.42 bits per heavy atom. The van der Waals surface area contributed by atoms with Crippen molar-refractivity contribution < 1.29 is 14.7 Å². The molecule has 1 fully saturated rings. The maximum absolute atomic E-state index is 11.5. The molecule has 3 N–H and O–H groups in total. The first-order valence-corrected chi connectivity index (χ1v) is 7.09. The number of carbonyl (C=O) groups excluding carboxylic acids is 1. The number of nitrogens with zero attached hydrogens (tertiary/aromatic N) is 1. The van der Waals surface area contributed by atoms with E-state index in [4.69, 9.17) is 5.11 Å². The van der Waals surface area contributed by atoms with Crippen LogP contribution in [0.5, 0.6) is 0 Å². The molecular formula is C12H17N3O3S. The lowest BCUT2D eigenvalue weighted by Crippen LogP contribution is -2.35. The lowest BCUT2D eigenvalue weighted by Gasteiger charge is -2.05. The van der Waals surface area contributed by atoms with Crippen LogP contribution in [0, 0.1) is 12.8 Å². The second-order valence-corrected chi connectivity index (χ2v) is 5.75. The van der Waals surface area contributed by atoms with Crippen LogP contribution in [-0.4, -0.2) is 28.6 Å². The molecule has 1 aliphatic rings. The van der Waals surface area contributed by atoms with Crippen LogP contribution < -0.4 is 10.6 Å². The molecule has 1 aromatic heterocycles. The Labute approximate surface area is 115 Å². The van der Waals surface area contributed by atoms with Crippen LogP contribution in [0.4, 0.5) is 4.79 Å². The van der Waals surface area contributed by atoms with Gasteiger partial charge in [0.05, 0.1) is 12.2 Å². The number of carbonyl (C=O) groups is 2. The zero-order valence-electron chi connectivity index (χ0n) is 10.7. The number of carboxylic acids is 1. The van der Waals surface area contributed by atoms with Gasteiger partial charge in [-0.25, -0.2) is 14.6 Å². The molecule has 7 heteroatoms. The quantitative estimate of drug-likeness (QED) is 0.741. The molecule has 104 valence electrons. The Morgan fingerprint density at radius 3 is 2.74 bits per heavy atom. The lowest BCUT2D eigenvalue weighted by atomic mass is 10.3. The maximum atomic E-state index is 11.5. The van der Waals surface area contributed by atoms with Gasteiger partial charge in [0.1, 0.15) is 9.88 Å². The summed E-state index contributed by atoms with van der Waals surface area (Å²) in [6.07, 6.45) is 3.59. The number of hydrogen-bond donors (Lipinski definition) is 3. The number of aryl methyl sites for hydroxylation is 1. The van der Waals surface area contributed by atoms with Gasteiger partial charge in [0, 0.05) is 6.54 Å². The summed E-state index contributed by atoms with van der Waals surface area (Å²) in [5.41, 5.74) is 0.489. The summed E-state index contributed by atoms with van der Waals surface area (Å²) < 4.78 is 0. The van der Waals surface area contributed by atoms with Crippen LogP contribution in [0.25, 0.3) is 0 Å². The van der Waals surface area contributed by atoms with E-state index in [1.165, 1.54) is 12.8 Å². The summed E-state index contributed by atoms with van der Waals surface area (Å²) >= 11 is 1.10. The van der Waals surface area contributed by atoms with E-state index in [0.717, 1.165) is 23.7 Å². The molecule has 0 atom stereocenters. The summed E-state index contributed by atoms with van der Waals surface area (Å²) in [6, 6.07) is -0.231. The maximum Gasteiger partial charge on any atom is 0.347 e. The summed E-state index contributed by atoms with van der Waals surface area (Å²) in [5, 5.41) is 15.0. The molecule has 1 saturated carbocycles.